The van der Waals surface area contributed by atoms with E-state index in [9.17, 15) is 42.7 Å². The molecule has 2 fully saturated rings. The molecular weight excluding hydrogens is 1030 g/mol. The Morgan fingerprint density at radius 3 is 1.94 bits per heavy atom. The first-order valence-corrected chi connectivity index (χ1v) is 25.5. The van der Waals surface area contributed by atoms with Crippen LogP contribution in [0.1, 0.15) is 69.2 Å². The number of carbonyl (C=O) groups excluding carboxylic acids is 8. The Kier molecular flexibility index (Phi) is 18.1. The number of ketones is 2. The second-order valence-electron chi connectivity index (χ2n) is 18.2. The molecule has 2 aliphatic heterocycles. The molecule has 0 radical (unpaired) electrons. The number of piperidine rings is 1. The number of hydrogen-bond acceptors (Lipinski definition) is 10. The Morgan fingerprint density at radius 2 is 1.29 bits per heavy atom. The highest BCUT2D eigenvalue weighted by Gasteiger charge is 2.32. The van der Waals surface area contributed by atoms with Crippen LogP contribution in [0, 0.1) is 19.0 Å². The van der Waals surface area contributed by atoms with Crippen LogP contribution < -0.4 is 21.3 Å². The zero-order valence-electron chi connectivity index (χ0n) is 43.3. The molecule has 21 nitrogen and oxygen atoms in total. The molecule has 0 atom stereocenters. The number of H-pyrrole nitrogens is 2. The monoisotopic (exact) mass is 1080 g/mol. The number of piperazine rings is 1. The number of benzene rings is 4. The van der Waals surface area contributed by atoms with Gasteiger partial charge in [-0.1, -0.05) is 78.4 Å². The molecule has 5 heterocycles. The van der Waals surface area contributed by atoms with Gasteiger partial charge in [-0.05, 0) is 62.1 Å². The number of carbonyl (C=O) groups is 8. The number of aromatic amines is 2. The van der Waals surface area contributed by atoms with E-state index in [2.05, 4.69) is 45.9 Å². The van der Waals surface area contributed by atoms with Crippen molar-refractivity contribution < 1.29 is 47.5 Å². The largest absolute Gasteiger partial charge is 0.466 e. The number of likely N-dealkylation sites (tertiary alicyclic amines) is 1. The van der Waals surface area contributed by atoms with Gasteiger partial charge in [0.05, 0.1) is 59.2 Å². The number of urea groups is 2. The molecule has 0 aliphatic carbocycles. The van der Waals surface area contributed by atoms with Gasteiger partial charge in [0.2, 0.25) is 0 Å². The van der Waals surface area contributed by atoms with Crippen molar-refractivity contribution in [2.24, 2.45) is 0 Å². The minimum Gasteiger partial charge on any atom is -0.466 e. The van der Waals surface area contributed by atoms with E-state index in [-0.39, 0.29) is 85.5 Å². The first kappa shape index (κ1) is 55.7. The maximum atomic E-state index is 14.8. The molecule has 0 unspecified atom stereocenters. The summed E-state index contributed by atoms with van der Waals surface area (Å²) in [6.07, 6.45) is 5.10. The van der Waals surface area contributed by atoms with E-state index < -0.39 is 41.3 Å². The van der Waals surface area contributed by atoms with Crippen molar-refractivity contribution in [2.75, 3.05) is 68.4 Å². The molecule has 0 spiro atoms. The van der Waals surface area contributed by atoms with Crippen LogP contribution in [0.5, 0.6) is 0 Å². The molecule has 7 amide bonds. The molecule has 80 heavy (non-hydrogen) atoms. The van der Waals surface area contributed by atoms with Gasteiger partial charge in [0.1, 0.15) is 0 Å². The van der Waals surface area contributed by atoms with Gasteiger partial charge in [0.25, 0.3) is 29.3 Å². The number of esters is 1. The highest BCUT2D eigenvalue weighted by molar-refractivity contribution is 6.45. The van der Waals surface area contributed by atoms with Gasteiger partial charge in [-0.25, -0.2) is 28.7 Å². The van der Waals surface area contributed by atoms with E-state index in [1.54, 1.807) is 78.6 Å². The summed E-state index contributed by atoms with van der Waals surface area (Å²) in [6.45, 7) is 18.3. The molecule has 0 saturated carbocycles. The predicted molar refractivity (Wildman–Crippen MR) is 296 cm³/mol. The third-order valence-corrected chi connectivity index (χ3v) is 13.2. The lowest BCUT2D eigenvalue weighted by Crippen LogP contribution is -2.52. The van der Waals surface area contributed by atoms with Crippen molar-refractivity contribution in [3.05, 3.63) is 178 Å². The van der Waals surface area contributed by atoms with Crippen molar-refractivity contribution in [3.8, 4) is 0 Å². The summed E-state index contributed by atoms with van der Waals surface area (Å²) in [6, 6.07) is 28.7. The molecule has 22 heteroatoms. The third-order valence-electron chi connectivity index (χ3n) is 13.2. The van der Waals surface area contributed by atoms with E-state index in [1.165, 1.54) is 22.2 Å². The first-order chi connectivity index (χ1) is 38.8. The van der Waals surface area contributed by atoms with Gasteiger partial charge in [0.15, 0.2) is 23.0 Å². The highest BCUT2D eigenvalue weighted by atomic mass is 19.1. The summed E-state index contributed by atoms with van der Waals surface area (Å²) in [5, 5.41) is 10.9. The number of hydrogen-bond donors (Lipinski definition) is 6. The molecule has 9 rings (SSSR count). The number of nitrogens with one attached hydrogen (secondary N) is 6. The van der Waals surface area contributed by atoms with E-state index in [0.29, 0.717) is 71.6 Å². The van der Waals surface area contributed by atoms with E-state index >= 15 is 0 Å². The van der Waals surface area contributed by atoms with Gasteiger partial charge in [-0.2, -0.15) is 0 Å². The van der Waals surface area contributed by atoms with Crippen molar-refractivity contribution >= 4 is 97.7 Å². The average molecular weight is 1080 g/mol. The fourth-order valence-corrected chi connectivity index (χ4v) is 9.11. The molecule has 3 aromatic heterocycles. The minimum absolute atomic E-state index is 0.0381. The van der Waals surface area contributed by atoms with Crippen LogP contribution in [0.25, 0.3) is 37.2 Å². The lowest BCUT2D eigenvalue weighted by atomic mass is 9.97. The summed E-state index contributed by atoms with van der Waals surface area (Å²) in [5.41, 5.74) is 5.02. The Bertz CT molecular complexity index is 3600. The summed E-state index contributed by atoms with van der Waals surface area (Å²) in [4.78, 5) is 123. The van der Waals surface area contributed by atoms with E-state index in [1.807, 2.05) is 36.4 Å². The maximum Gasteiger partial charge on any atom is 0.323 e. The standard InChI is InChI=1S/C31H24N6O3.C27H29FN6O6/c1-32-22-11-13-23(14-12-22)35-31(40)36-26-10-6-9-24-25(19-34-28(24)26)29(38)30(39)37-17-15-21(16-18-37)27(33-2)20-7-4-3-5-8-20;1-2-40-20(35)9-6-10-29-27(39)32-24-22-21(19(28)16-31-24)18(15-30-22)23(36)26(38)34-13-11-33(12-14-34)25(37)17-7-4-3-5-8-17/h3-14,19,34H,15-18H2,(H2,35,36,40);3-5,7-8,15-16,30H,2,6,9-14H2,1H3,(H2,29,31,32,39). The van der Waals surface area contributed by atoms with Crippen molar-refractivity contribution in [1.82, 2.24) is 35.0 Å². The number of amides is 7. The van der Waals surface area contributed by atoms with Crippen LogP contribution in [-0.4, -0.2) is 129 Å². The summed E-state index contributed by atoms with van der Waals surface area (Å²) in [7, 11) is 0. The number of ether oxygens (including phenoxy) is 1. The van der Waals surface area contributed by atoms with Crippen molar-refractivity contribution in [3.63, 3.8) is 0 Å². The van der Waals surface area contributed by atoms with Crippen LogP contribution in [-0.2, 0) is 19.1 Å². The minimum atomic E-state index is -0.923. The van der Waals surface area contributed by atoms with Crippen LogP contribution >= 0.6 is 0 Å². The smallest absolute Gasteiger partial charge is 0.323 e. The Hall–Kier alpha value is -10.5. The van der Waals surface area contributed by atoms with E-state index in [0.717, 1.165) is 17.3 Å². The maximum absolute atomic E-state index is 14.8. The van der Waals surface area contributed by atoms with Crippen LogP contribution in [0.2, 0.25) is 0 Å². The molecular formula is C58H53FN12O9. The van der Waals surface area contributed by atoms with Crippen LogP contribution in [0.15, 0.2) is 127 Å². The average Bonchev–Trinajstić information content (AvgIpc) is 4.16. The fraction of sp³-hybridized carbons (Fsp3) is 0.224. The van der Waals surface area contributed by atoms with Gasteiger partial charge < -0.3 is 45.4 Å². The Morgan fingerprint density at radius 1 is 0.675 bits per heavy atom. The number of anilines is 3. The second-order valence-corrected chi connectivity index (χ2v) is 18.2. The van der Waals surface area contributed by atoms with Gasteiger partial charge >= 0.3 is 18.0 Å². The van der Waals surface area contributed by atoms with Gasteiger partial charge in [-0.15, -0.1) is 0 Å². The number of Topliss-reactive ketones (excluding diaryl/α,β-unsaturated/α-hetero) is 2. The quantitative estimate of drug-likeness (QED) is 0.0198. The number of fused-ring (bicyclic) bond motifs is 2. The third kappa shape index (κ3) is 13.2. The zero-order chi connectivity index (χ0) is 56.7. The summed E-state index contributed by atoms with van der Waals surface area (Å²) < 4.78 is 19.6. The van der Waals surface area contributed by atoms with E-state index in [4.69, 9.17) is 17.9 Å². The number of pyridine rings is 1. The zero-order valence-corrected chi connectivity index (χ0v) is 43.3. The number of nitrogens with zero attached hydrogens (tertiary/aromatic N) is 6. The molecule has 4 aromatic carbocycles. The highest BCUT2D eigenvalue weighted by Crippen LogP contribution is 2.31. The lowest BCUT2D eigenvalue weighted by Gasteiger charge is -2.34. The SMILES string of the molecule is CCOC(=O)CCCNC(=O)Nc1ncc(F)c2c(C(=O)C(=O)N3CCN(C(=O)c4ccccc4)CC3)c[nH]c12.[C-]#[N+]C(=C1CCN(C(=O)C(=O)c2c[nH]c3c(NC(=O)Nc4ccc([N+]#[C-])cc4)cccc23)CC1)c1ccccc1. The number of rotatable bonds is 14. The summed E-state index contributed by atoms with van der Waals surface area (Å²) >= 11 is 0. The fourth-order valence-electron chi connectivity index (χ4n) is 9.11. The normalized spacial score (nSPS) is 12.9. The van der Waals surface area contributed by atoms with Crippen LogP contribution in [0.4, 0.5) is 36.9 Å². The number of para-hydroxylation sites is 1. The number of halogens is 1. The lowest BCUT2D eigenvalue weighted by molar-refractivity contribution is -0.143. The molecule has 7 aromatic rings. The van der Waals surface area contributed by atoms with Crippen molar-refractivity contribution in [1.29, 1.82) is 0 Å². The first-order valence-electron chi connectivity index (χ1n) is 25.5. The Balaban J connectivity index is 0.000000210. The molecule has 2 saturated heterocycles. The molecule has 2 aliphatic rings. The molecule has 0 bridgehead atoms. The van der Waals surface area contributed by atoms with Gasteiger partial charge in [-0.3, -0.25) is 34.1 Å². The summed E-state index contributed by atoms with van der Waals surface area (Å²) in [5.74, 6) is -4.38. The van der Waals surface area contributed by atoms with Gasteiger partial charge in [0, 0.05) is 81.3 Å². The topological polar surface area (TPSA) is 257 Å². The number of aromatic nitrogens is 3. The Labute approximate surface area is 457 Å². The van der Waals surface area contributed by atoms with Crippen molar-refractivity contribution in [2.45, 2.75) is 32.6 Å². The second kappa shape index (κ2) is 26.0. The predicted octanol–water partition coefficient (Wildman–Crippen LogP) is 8.83. The van der Waals surface area contributed by atoms with Crippen LogP contribution in [0.3, 0.4) is 0 Å². The molecule has 406 valence electrons. The molecule has 6 N–H and O–H groups in total.